The minimum Gasteiger partial charge on any atom is -0.508 e. The summed E-state index contributed by atoms with van der Waals surface area (Å²) in [7, 11) is 0. The van der Waals surface area contributed by atoms with Gasteiger partial charge in [-0.3, -0.25) is 4.79 Å². The highest BCUT2D eigenvalue weighted by Gasteiger charge is 2.19. The summed E-state index contributed by atoms with van der Waals surface area (Å²) < 4.78 is 7.04. The number of aliphatic hydroxyl groups is 1. The van der Waals surface area contributed by atoms with Crippen molar-refractivity contribution in [3.05, 3.63) is 30.0 Å². The molecule has 0 aliphatic rings. The number of ether oxygens (including phenoxy) is 1. The SMILES string of the molecule is CC(O)c1cn(CC(=O)OC(C)(C)C)c2ccc(O)cc12. The number of fused-ring (bicyclic) bond motifs is 1. The van der Waals surface area contributed by atoms with E-state index in [2.05, 4.69) is 0 Å². The molecule has 1 atom stereocenters. The Morgan fingerprint density at radius 3 is 2.62 bits per heavy atom. The monoisotopic (exact) mass is 291 g/mol. The third-order valence-corrected chi connectivity index (χ3v) is 3.07. The summed E-state index contributed by atoms with van der Waals surface area (Å²) in [6, 6.07) is 4.86. The van der Waals surface area contributed by atoms with Crippen LogP contribution in [0.5, 0.6) is 5.75 Å². The smallest absolute Gasteiger partial charge is 0.326 e. The van der Waals surface area contributed by atoms with Crippen LogP contribution in [0.4, 0.5) is 0 Å². The second-order valence-electron chi connectivity index (χ2n) is 6.18. The van der Waals surface area contributed by atoms with Gasteiger partial charge in [-0.2, -0.15) is 0 Å². The van der Waals surface area contributed by atoms with Gasteiger partial charge in [0.05, 0.1) is 6.10 Å². The predicted octanol–water partition coefficient (Wildman–Crippen LogP) is 2.74. The third kappa shape index (κ3) is 3.55. The van der Waals surface area contributed by atoms with Gasteiger partial charge < -0.3 is 19.5 Å². The fraction of sp³-hybridized carbons (Fsp3) is 0.438. The van der Waals surface area contributed by atoms with E-state index >= 15 is 0 Å². The van der Waals surface area contributed by atoms with Crippen molar-refractivity contribution in [2.75, 3.05) is 0 Å². The first kappa shape index (κ1) is 15.4. The number of hydrogen-bond donors (Lipinski definition) is 2. The highest BCUT2D eigenvalue weighted by atomic mass is 16.6. The highest BCUT2D eigenvalue weighted by Crippen LogP contribution is 2.29. The van der Waals surface area contributed by atoms with Gasteiger partial charge in [0.15, 0.2) is 0 Å². The van der Waals surface area contributed by atoms with Crippen LogP contribution in [-0.4, -0.2) is 26.4 Å². The first-order valence-corrected chi connectivity index (χ1v) is 6.89. The Hall–Kier alpha value is -2.01. The lowest BCUT2D eigenvalue weighted by Gasteiger charge is -2.19. The van der Waals surface area contributed by atoms with Crippen molar-refractivity contribution >= 4 is 16.9 Å². The van der Waals surface area contributed by atoms with Crippen molar-refractivity contribution < 1.29 is 19.7 Å². The Labute approximate surface area is 123 Å². The molecule has 1 aromatic heterocycles. The van der Waals surface area contributed by atoms with Crippen molar-refractivity contribution in [2.45, 2.75) is 45.9 Å². The number of carbonyl (C=O) groups excluding carboxylic acids is 1. The molecule has 0 aliphatic carbocycles. The van der Waals surface area contributed by atoms with E-state index in [4.69, 9.17) is 4.74 Å². The summed E-state index contributed by atoms with van der Waals surface area (Å²) in [6.45, 7) is 7.16. The number of benzene rings is 1. The summed E-state index contributed by atoms with van der Waals surface area (Å²) in [5, 5.41) is 20.2. The van der Waals surface area contributed by atoms with E-state index in [0.29, 0.717) is 5.56 Å². The van der Waals surface area contributed by atoms with E-state index in [9.17, 15) is 15.0 Å². The summed E-state index contributed by atoms with van der Waals surface area (Å²) in [6.07, 6.45) is 1.03. The normalized spacial score (nSPS) is 13.4. The number of rotatable bonds is 3. The quantitative estimate of drug-likeness (QED) is 0.853. The summed E-state index contributed by atoms with van der Waals surface area (Å²) in [4.78, 5) is 12.0. The van der Waals surface area contributed by atoms with Gasteiger partial charge in [-0.25, -0.2) is 0 Å². The average Bonchev–Trinajstić information content (AvgIpc) is 2.64. The van der Waals surface area contributed by atoms with E-state index in [1.54, 1.807) is 35.9 Å². The third-order valence-electron chi connectivity index (χ3n) is 3.07. The molecule has 0 radical (unpaired) electrons. The molecule has 0 aliphatic heterocycles. The van der Waals surface area contributed by atoms with Crippen LogP contribution in [0.2, 0.25) is 0 Å². The predicted molar refractivity (Wildman–Crippen MR) is 80.1 cm³/mol. The Kier molecular flexibility index (Phi) is 3.96. The Balaban J connectivity index is 2.38. The maximum absolute atomic E-state index is 12.0. The number of aliphatic hydroxyl groups excluding tert-OH is 1. The maximum atomic E-state index is 12.0. The highest BCUT2D eigenvalue weighted by molar-refractivity contribution is 5.87. The van der Waals surface area contributed by atoms with Crippen LogP contribution >= 0.6 is 0 Å². The summed E-state index contributed by atoms with van der Waals surface area (Å²) in [5.41, 5.74) is 0.907. The van der Waals surface area contributed by atoms with Gasteiger partial charge in [0.25, 0.3) is 0 Å². The molecule has 5 nitrogen and oxygen atoms in total. The van der Waals surface area contributed by atoms with E-state index in [1.807, 2.05) is 20.8 Å². The topological polar surface area (TPSA) is 71.7 Å². The zero-order valence-electron chi connectivity index (χ0n) is 12.8. The fourth-order valence-corrected chi connectivity index (χ4v) is 2.29. The minimum atomic E-state index is -0.686. The van der Waals surface area contributed by atoms with E-state index < -0.39 is 11.7 Å². The van der Waals surface area contributed by atoms with Crippen LogP contribution in [0.1, 0.15) is 39.4 Å². The molecule has 2 aromatic rings. The number of nitrogens with zero attached hydrogens (tertiary/aromatic N) is 1. The van der Waals surface area contributed by atoms with E-state index in [-0.39, 0.29) is 18.3 Å². The van der Waals surface area contributed by atoms with E-state index in [0.717, 1.165) is 10.9 Å². The van der Waals surface area contributed by atoms with Crippen molar-refractivity contribution in [1.82, 2.24) is 4.57 Å². The van der Waals surface area contributed by atoms with Crippen molar-refractivity contribution in [3.63, 3.8) is 0 Å². The van der Waals surface area contributed by atoms with Gasteiger partial charge in [0.1, 0.15) is 17.9 Å². The number of carbonyl (C=O) groups is 1. The van der Waals surface area contributed by atoms with Crippen molar-refractivity contribution in [3.8, 4) is 5.75 Å². The van der Waals surface area contributed by atoms with E-state index in [1.165, 1.54) is 0 Å². The standard InChI is InChI=1S/C16H21NO4/c1-10(18)13-8-17(9-15(20)21-16(2,3)4)14-6-5-11(19)7-12(13)14/h5-8,10,18-19H,9H2,1-4H3. The lowest BCUT2D eigenvalue weighted by Crippen LogP contribution is -2.26. The molecular weight excluding hydrogens is 270 g/mol. The maximum Gasteiger partial charge on any atom is 0.326 e. The largest absolute Gasteiger partial charge is 0.508 e. The second-order valence-corrected chi connectivity index (χ2v) is 6.18. The number of esters is 1. The minimum absolute atomic E-state index is 0.0608. The van der Waals surface area contributed by atoms with Crippen molar-refractivity contribution in [1.29, 1.82) is 0 Å². The Morgan fingerprint density at radius 2 is 2.05 bits per heavy atom. The molecule has 2 N–H and O–H groups in total. The molecule has 0 bridgehead atoms. The fourth-order valence-electron chi connectivity index (χ4n) is 2.29. The lowest BCUT2D eigenvalue weighted by atomic mass is 10.1. The summed E-state index contributed by atoms with van der Waals surface area (Å²) >= 11 is 0. The first-order valence-electron chi connectivity index (χ1n) is 6.89. The van der Waals surface area contributed by atoms with Gasteiger partial charge in [-0.1, -0.05) is 0 Å². The van der Waals surface area contributed by atoms with Gasteiger partial charge in [0, 0.05) is 22.7 Å². The number of hydrogen-bond acceptors (Lipinski definition) is 4. The molecule has 114 valence electrons. The van der Waals surface area contributed by atoms with Crippen LogP contribution in [0, 0.1) is 0 Å². The van der Waals surface area contributed by atoms with Crippen molar-refractivity contribution in [2.24, 2.45) is 0 Å². The molecule has 1 heterocycles. The molecular formula is C16H21NO4. The van der Waals surface area contributed by atoms with Crippen LogP contribution in [0.15, 0.2) is 24.4 Å². The molecule has 0 saturated carbocycles. The van der Waals surface area contributed by atoms with Crippen LogP contribution < -0.4 is 0 Å². The molecule has 0 amide bonds. The van der Waals surface area contributed by atoms with Gasteiger partial charge >= 0.3 is 5.97 Å². The Bertz CT molecular complexity index is 665. The van der Waals surface area contributed by atoms with Gasteiger partial charge in [0.2, 0.25) is 0 Å². The van der Waals surface area contributed by atoms with Crippen LogP contribution in [0.3, 0.4) is 0 Å². The zero-order valence-corrected chi connectivity index (χ0v) is 12.8. The molecule has 21 heavy (non-hydrogen) atoms. The lowest BCUT2D eigenvalue weighted by molar-refractivity contribution is -0.155. The average molecular weight is 291 g/mol. The molecule has 1 unspecified atom stereocenters. The van der Waals surface area contributed by atoms with Crippen LogP contribution in [-0.2, 0) is 16.1 Å². The van der Waals surface area contributed by atoms with Crippen LogP contribution in [0.25, 0.3) is 10.9 Å². The number of phenols is 1. The van der Waals surface area contributed by atoms with Gasteiger partial charge in [-0.15, -0.1) is 0 Å². The number of aromatic hydroxyl groups is 1. The molecule has 1 aromatic carbocycles. The molecule has 0 spiro atoms. The van der Waals surface area contributed by atoms with Gasteiger partial charge in [-0.05, 0) is 45.9 Å². The first-order chi connectivity index (χ1) is 9.67. The summed E-state index contributed by atoms with van der Waals surface area (Å²) in [5.74, 6) is -0.218. The molecule has 0 fully saturated rings. The second kappa shape index (κ2) is 5.41. The Morgan fingerprint density at radius 1 is 1.38 bits per heavy atom. The molecule has 2 rings (SSSR count). The molecule has 5 heteroatoms. The molecule has 0 saturated heterocycles. The number of aromatic nitrogens is 1. The zero-order chi connectivity index (χ0) is 15.8. The number of phenolic OH excluding ortho intramolecular Hbond substituents is 1.